The van der Waals surface area contributed by atoms with Crippen LogP contribution in [0.4, 0.5) is 0 Å². The van der Waals surface area contributed by atoms with Crippen molar-refractivity contribution in [3.63, 3.8) is 0 Å². The van der Waals surface area contributed by atoms with Gasteiger partial charge in [-0.05, 0) is 0 Å². The fraction of sp³-hybridized carbons (Fsp3) is 1.00. The van der Waals surface area contributed by atoms with Crippen molar-refractivity contribution in [2.75, 3.05) is 27.7 Å². The molecular formula is C6H16ClN2O+. The Hall–Kier alpha value is 0.170. The van der Waals surface area contributed by atoms with E-state index in [4.69, 9.17) is 17.3 Å². The number of nitrogens with zero attached hydrogens (tertiary/aromatic N) is 1. The van der Waals surface area contributed by atoms with Gasteiger partial charge < -0.3 is 15.3 Å². The van der Waals surface area contributed by atoms with Gasteiger partial charge in [-0.1, -0.05) is 0 Å². The van der Waals surface area contributed by atoms with Crippen LogP contribution in [0.15, 0.2) is 0 Å². The van der Waals surface area contributed by atoms with Gasteiger partial charge in [-0.15, -0.1) is 11.6 Å². The molecule has 0 saturated heterocycles. The number of aliphatic hydroxyl groups excluding tert-OH is 1. The number of aliphatic hydroxyl groups is 1. The van der Waals surface area contributed by atoms with Gasteiger partial charge in [0.1, 0.15) is 18.1 Å². The van der Waals surface area contributed by atoms with E-state index in [0.29, 0.717) is 11.0 Å². The largest absolute Gasteiger partial charge is 0.384 e. The van der Waals surface area contributed by atoms with Crippen LogP contribution < -0.4 is 5.73 Å². The third-order valence-electron chi connectivity index (χ3n) is 1.10. The molecule has 0 radical (unpaired) electrons. The van der Waals surface area contributed by atoms with Crippen molar-refractivity contribution < 1.29 is 9.59 Å². The average molecular weight is 168 g/mol. The summed E-state index contributed by atoms with van der Waals surface area (Å²) >= 11 is 5.45. The van der Waals surface area contributed by atoms with Crippen molar-refractivity contribution >= 4 is 11.6 Å². The number of likely N-dealkylation sites (N-methyl/N-ethyl adjacent to an activating group) is 1. The third kappa shape index (κ3) is 4.99. The van der Waals surface area contributed by atoms with Crippen LogP contribution in [0, 0.1) is 0 Å². The second-order valence-electron chi connectivity index (χ2n) is 3.48. The fourth-order valence-electron chi connectivity index (χ4n) is 0.662. The third-order valence-corrected chi connectivity index (χ3v) is 1.39. The van der Waals surface area contributed by atoms with Gasteiger partial charge in [0.2, 0.25) is 0 Å². The molecule has 0 saturated carbocycles. The Labute approximate surface area is 67.0 Å². The molecule has 0 spiro atoms. The topological polar surface area (TPSA) is 46.2 Å². The van der Waals surface area contributed by atoms with Gasteiger partial charge in [-0.25, -0.2) is 0 Å². The molecular weight excluding hydrogens is 152 g/mol. The molecule has 10 heavy (non-hydrogen) atoms. The predicted octanol–water partition coefficient (Wildman–Crippen LogP) is -0.423. The van der Waals surface area contributed by atoms with Crippen molar-refractivity contribution in [2.45, 2.75) is 11.6 Å². The molecule has 0 aliphatic heterocycles. The van der Waals surface area contributed by atoms with E-state index in [0.717, 1.165) is 0 Å². The second kappa shape index (κ2) is 3.53. The lowest BCUT2D eigenvalue weighted by atomic mass is 10.3. The van der Waals surface area contributed by atoms with E-state index in [1.807, 2.05) is 21.1 Å². The van der Waals surface area contributed by atoms with E-state index in [1.165, 1.54) is 0 Å². The molecule has 0 aliphatic carbocycles. The van der Waals surface area contributed by atoms with Gasteiger partial charge in [0, 0.05) is 0 Å². The first-order valence-electron chi connectivity index (χ1n) is 3.21. The molecule has 2 atom stereocenters. The lowest BCUT2D eigenvalue weighted by molar-refractivity contribution is -0.873. The second-order valence-corrected chi connectivity index (χ2v) is 3.99. The predicted molar refractivity (Wildman–Crippen MR) is 42.7 cm³/mol. The minimum atomic E-state index is -0.655. The quantitative estimate of drug-likeness (QED) is 0.341. The van der Waals surface area contributed by atoms with Crippen LogP contribution in [0.2, 0.25) is 0 Å². The molecule has 0 bridgehead atoms. The molecule has 62 valence electrons. The fourth-order valence-corrected chi connectivity index (χ4v) is 0.742. The summed E-state index contributed by atoms with van der Waals surface area (Å²) in [6.07, 6.45) is -0.623. The molecule has 0 aliphatic rings. The van der Waals surface area contributed by atoms with Gasteiger partial charge in [0.05, 0.1) is 21.1 Å². The number of quaternary nitrogens is 1. The van der Waals surface area contributed by atoms with Crippen LogP contribution in [-0.2, 0) is 0 Å². The number of hydrogen-bond donors (Lipinski definition) is 2. The highest BCUT2D eigenvalue weighted by Crippen LogP contribution is 2.00. The monoisotopic (exact) mass is 167 g/mol. The van der Waals surface area contributed by atoms with E-state index in [9.17, 15) is 5.11 Å². The maximum Gasteiger partial charge on any atom is 0.132 e. The number of rotatable bonds is 3. The molecule has 0 aromatic carbocycles. The first-order chi connectivity index (χ1) is 4.33. The minimum absolute atomic E-state index is 0.574. The Morgan fingerprint density at radius 1 is 1.50 bits per heavy atom. The van der Waals surface area contributed by atoms with Crippen molar-refractivity contribution in [1.82, 2.24) is 0 Å². The van der Waals surface area contributed by atoms with E-state index >= 15 is 0 Å². The molecule has 0 fully saturated rings. The maximum atomic E-state index is 9.19. The average Bonchev–Trinajstić information content (AvgIpc) is 1.60. The lowest BCUT2D eigenvalue weighted by Gasteiger charge is -2.27. The molecule has 3 nitrogen and oxygen atoms in total. The summed E-state index contributed by atoms with van der Waals surface area (Å²) < 4.78 is 0.668. The van der Waals surface area contributed by atoms with Gasteiger partial charge in [-0.3, -0.25) is 0 Å². The number of hydrogen-bond acceptors (Lipinski definition) is 2. The number of nitrogens with two attached hydrogens (primary N) is 1. The maximum absolute atomic E-state index is 9.19. The van der Waals surface area contributed by atoms with Gasteiger partial charge in [-0.2, -0.15) is 0 Å². The first-order valence-corrected chi connectivity index (χ1v) is 3.65. The lowest BCUT2D eigenvalue weighted by Crippen LogP contribution is -2.46. The summed E-state index contributed by atoms with van der Waals surface area (Å²) in [7, 11) is 5.92. The SMILES string of the molecule is C[N+](C)(C)CC(O)C(N)Cl. The Bertz CT molecular complexity index is 100. The molecule has 4 heteroatoms. The van der Waals surface area contributed by atoms with Crippen LogP contribution in [0.1, 0.15) is 0 Å². The zero-order valence-electron chi connectivity index (χ0n) is 6.71. The Morgan fingerprint density at radius 2 is 1.90 bits per heavy atom. The summed E-state index contributed by atoms with van der Waals surface area (Å²) in [6.45, 7) is 0.574. The van der Waals surface area contributed by atoms with E-state index < -0.39 is 11.6 Å². The van der Waals surface area contributed by atoms with Crippen LogP contribution in [0.5, 0.6) is 0 Å². The van der Waals surface area contributed by atoms with Crippen molar-refractivity contribution in [3.8, 4) is 0 Å². The normalized spacial score (nSPS) is 18.6. The molecule has 2 unspecified atom stereocenters. The highest BCUT2D eigenvalue weighted by molar-refractivity contribution is 6.20. The van der Waals surface area contributed by atoms with Crippen LogP contribution in [0.25, 0.3) is 0 Å². The van der Waals surface area contributed by atoms with Crippen molar-refractivity contribution in [1.29, 1.82) is 0 Å². The van der Waals surface area contributed by atoms with E-state index in [2.05, 4.69) is 0 Å². The molecule has 0 aromatic rings. The Kier molecular flexibility index (Phi) is 3.59. The molecule has 0 amide bonds. The van der Waals surface area contributed by atoms with Crippen LogP contribution in [0.3, 0.4) is 0 Å². The molecule has 0 heterocycles. The Morgan fingerprint density at radius 3 is 2.00 bits per heavy atom. The summed E-state index contributed by atoms with van der Waals surface area (Å²) in [4.78, 5) is 0. The molecule has 0 rings (SSSR count). The van der Waals surface area contributed by atoms with Gasteiger partial charge >= 0.3 is 0 Å². The smallest absolute Gasteiger partial charge is 0.132 e. The zero-order chi connectivity index (χ0) is 8.36. The highest BCUT2D eigenvalue weighted by Gasteiger charge is 2.19. The standard InChI is InChI=1S/C6H16ClN2O/c1-9(2,3)4-5(10)6(7)8/h5-6,10H,4,8H2,1-3H3/q+1. The van der Waals surface area contributed by atoms with Gasteiger partial charge in [0.15, 0.2) is 0 Å². The summed E-state index contributed by atoms with van der Waals surface area (Å²) in [5.74, 6) is 0. The van der Waals surface area contributed by atoms with Crippen LogP contribution in [-0.4, -0.2) is 48.9 Å². The summed E-state index contributed by atoms with van der Waals surface area (Å²) in [5, 5.41) is 9.19. The highest BCUT2D eigenvalue weighted by atomic mass is 35.5. The minimum Gasteiger partial charge on any atom is -0.384 e. The van der Waals surface area contributed by atoms with Crippen LogP contribution >= 0.6 is 11.6 Å². The zero-order valence-corrected chi connectivity index (χ0v) is 7.47. The summed E-state index contributed by atoms with van der Waals surface area (Å²) in [6, 6.07) is 0. The Balaban J connectivity index is 3.68. The molecule has 0 aromatic heterocycles. The number of halogens is 1. The number of alkyl halides is 1. The molecule has 3 N–H and O–H groups in total. The van der Waals surface area contributed by atoms with E-state index in [-0.39, 0.29) is 0 Å². The van der Waals surface area contributed by atoms with Crippen molar-refractivity contribution in [2.24, 2.45) is 5.73 Å². The summed E-state index contributed by atoms with van der Waals surface area (Å²) in [5.41, 5.74) is 4.59. The van der Waals surface area contributed by atoms with Crippen molar-refractivity contribution in [3.05, 3.63) is 0 Å². The van der Waals surface area contributed by atoms with Gasteiger partial charge in [0.25, 0.3) is 0 Å². The van der Waals surface area contributed by atoms with E-state index in [1.54, 1.807) is 0 Å². The first kappa shape index (κ1) is 10.2.